The van der Waals surface area contributed by atoms with Crippen molar-refractivity contribution in [3.05, 3.63) is 52.4 Å². The second kappa shape index (κ2) is 9.57. The van der Waals surface area contributed by atoms with E-state index >= 15 is 0 Å². The Morgan fingerprint density at radius 2 is 1.79 bits per heavy atom. The number of aliphatic hydroxyl groups is 1. The quantitative estimate of drug-likeness (QED) is 0.725. The van der Waals surface area contributed by atoms with Gasteiger partial charge in [-0.2, -0.15) is 0 Å². The summed E-state index contributed by atoms with van der Waals surface area (Å²) in [5.74, 6) is 1.18. The SMILES string of the molecule is C[C@@H]1C[C@@H](O)c2ncnc(N3CCN(C(=O)C(CN4CCCC4)c4ccc(Cl)cc4)CC3)c21. The standard InChI is InChI=1S/C25H32ClN5O2/c1-17-14-21(32)23-22(17)24(28-16-27-23)30-10-12-31(13-11-30)25(33)20(15-29-8-2-3-9-29)18-4-6-19(26)7-5-18/h4-7,16-17,20-21,32H,2-3,8-15H2,1H3/t17-,20?,21-/m1/s1. The minimum atomic E-state index is -0.509. The van der Waals surface area contributed by atoms with Gasteiger partial charge in [-0.05, 0) is 56.0 Å². The number of fused-ring (bicyclic) bond motifs is 1. The Morgan fingerprint density at radius 1 is 1.09 bits per heavy atom. The number of carbonyl (C=O) groups is 1. The number of anilines is 1. The zero-order valence-electron chi connectivity index (χ0n) is 19.2. The summed E-state index contributed by atoms with van der Waals surface area (Å²) in [7, 11) is 0. The van der Waals surface area contributed by atoms with Crippen LogP contribution in [-0.4, -0.2) is 76.6 Å². The molecule has 2 aliphatic heterocycles. The largest absolute Gasteiger partial charge is 0.387 e. The van der Waals surface area contributed by atoms with Crippen LogP contribution in [0, 0.1) is 0 Å². The summed E-state index contributed by atoms with van der Waals surface area (Å²) in [4.78, 5) is 29.2. The molecule has 2 aromatic rings. The molecule has 2 fully saturated rings. The average Bonchev–Trinajstić information content (AvgIpc) is 3.45. The molecule has 0 saturated carbocycles. The Kier molecular flexibility index (Phi) is 6.54. The van der Waals surface area contributed by atoms with Crippen molar-refractivity contribution in [2.75, 3.05) is 50.7 Å². The van der Waals surface area contributed by atoms with Gasteiger partial charge in [0.05, 0.1) is 17.7 Å². The van der Waals surface area contributed by atoms with E-state index in [1.54, 1.807) is 6.33 Å². The fourth-order valence-corrected chi connectivity index (χ4v) is 5.68. The summed E-state index contributed by atoms with van der Waals surface area (Å²) in [6.07, 6.45) is 4.15. The van der Waals surface area contributed by atoms with Crippen molar-refractivity contribution in [3.8, 4) is 0 Å². The van der Waals surface area contributed by atoms with Crippen molar-refractivity contribution in [2.24, 2.45) is 0 Å². The first-order valence-corrected chi connectivity index (χ1v) is 12.4. The van der Waals surface area contributed by atoms with Crippen LogP contribution in [-0.2, 0) is 4.79 Å². The molecule has 0 radical (unpaired) electrons. The fraction of sp³-hybridized carbons (Fsp3) is 0.560. The number of hydrogen-bond donors (Lipinski definition) is 1. The zero-order chi connectivity index (χ0) is 22.9. The first kappa shape index (κ1) is 22.6. The maximum atomic E-state index is 13.7. The number of piperazine rings is 1. The summed E-state index contributed by atoms with van der Waals surface area (Å²) in [6, 6.07) is 7.75. The lowest BCUT2D eigenvalue weighted by Gasteiger charge is -2.38. The van der Waals surface area contributed by atoms with Crippen molar-refractivity contribution in [3.63, 3.8) is 0 Å². The number of amides is 1. The summed E-state index contributed by atoms with van der Waals surface area (Å²) in [5, 5.41) is 11.0. The van der Waals surface area contributed by atoms with Crippen LogP contribution in [0.1, 0.15) is 60.9 Å². The van der Waals surface area contributed by atoms with Gasteiger partial charge in [0.15, 0.2) is 0 Å². The molecule has 1 aliphatic carbocycles. The van der Waals surface area contributed by atoms with Crippen molar-refractivity contribution in [1.82, 2.24) is 19.8 Å². The highest BCUT2D eigenvalue weighted by molar-refractivity contribution is 6.30. The van der Waals surface area contributed by atoms with E-state index in [0.29, 0.717) is 24.5 Å². The van der Waals surface area contributed by atoms with E-state index in [-0.39, 0.29) is 17.7 Å². The van der Waals surface area contributed by atoms with E-state index in [9.17, 15) is 9.90 Å². The first-order valence-electron chi connectivity index (χ1n) is 12.1. The lowest BCUT2D eigenvalue weighted by atomic mass is 9.96. The normalized spacial score (nSPS) is 24.2. The maximum Gasteiger partial charge on any atom is 0.231 e. The Balaban J connectivity index is 1.30. The van der Waals surface area contributed by atoms with Gasteiger partial charge in [-0.15, -0.1) is 0 Å². The van der Waals surface area contributed by atoms with Crippen LogP contribution in [0.2, 0.25) is 5.02 Å². The highest BCUT2D eigenvalue weighted by Gasteiger charge is 2.35. The third-order valence-electron chi connectivity index (χ3n) is 7.38. The summed E-state index contributed by atoms with van der Waals surface area (Å²) in [5.41, 5.74) is 2.87. The number of aromatic nitrogens is 2. The number of likely N-dealkylation sites (tertiary alicyclic amines) is 1. The van der Waals surface area contributed by atoms with Crippen LogP contribution in [0.15, 0.2) is 30.6 Å². The summed E-state index contributed by atoms with van der Waals surface area (Å²) >= 11 is 6.11. The molecule has 1 aromatic heterocycles. The van der Waals surface area contributed by atoms with Crippen LogP contribution < -0.4 is 4.90 Å². The lowest BCUT2D eigenvalue weighted by Crippen LogP contribution is -2.51. The van der Waals surface area contributed by atoms with Crippen molar-refractivity contribution in [1.29, 1.82) is 0 Å². The number of hydrogen-bond acceptors (Lipinski definition) is 6. The molecule has 3 aliphatic rings. The van der Waals surface area contributed by atoms with Gasteiger partial charge in [-0.25, -0.2) is 9.97 Å². The second-order valence-electron chi connectivity index (χ2n) is 9.57. The topological polar surface area (TPSA) is 72.8 Å². The molecule has 0 bridgehead atoms. The van der Waals surface area contributed by atoms with Crippen LogP contribution in [0.4, 0.5) is 5.82 Å². The molecule has 3 heterocycles. The molecule has 7 nitrogen and oxygen atoms in total. The van der Waals surface area contributed by atoms with E-state index < -0.39 is 6.10 Å². The minimum absolute atomic E-state index is 0.176. The number of rotatable bonds is 5. The number of aliphatic hydroxyl groups excluding tert-OH is 1. The minimum Gasteiger partial charge on any atom is -0.387 e. The van der Waals surface area contributed by atoms with E-state index in [1.165, 1.54) is 12.8 Å². The molecule has 1 N–H and O–H groups in total. The van der Waals surface area contributed by atoms with Crippen molar-refractivity contribution in [2.45, 2.75) is 44.1 Å². The molecule has 33 heavy (non-hydrogen) atoms. The van der Waals surface area contributed by atoms with Gasteiger partial charge in [-0.1, -0.05) is 30.7 Å². The number of carbonyl (C=O) groups excluding carboxylic acids is 1. The van der Waals surface area contributed by atoms with Gasteiger partial charge in [0, 0.05) is 43.3 Å². The smallest absolute Gasteiger partial charge is 0.231 e. The van der Waals surface area contributed by atoms with Gasteiger partial charge >= 0.3 is 0 Å². The summed E-state index contributed by atoms with van der Waals surface area (Å²) in [6.45, 7) is 7.80. The first-order chi connectivity index (χ1) is 16.0. The predicted octanol–water partition coefficient (Wildman–Crippen LogP) is 3.20. The Morgan fingerprint density at radius 3 is 2.48 bits per heavy atom. The average molecular weight is 470 g/mol. The van der Waals surface area contributed by atoms with Gasteiger partial charge in [0.1, 0.15) is 12.1 Å². The van der Waals surface area contributed by atoms with Crippen LogP contribution in [0.3, 0.4) is 0 Å². The summed E-state index contributed by atoms with van der Waals surface area (Å²) < 4.78 is 0. The van der Waals surface area contributed by atoms with Gasteiger partial charge < -0.3 is 19.8 Å². The van der Waals surface area contributed by atoms with E-state index in [2.05, 4.69) is 26.7 Å². The molecule has 2 saturated heterocycles. The number of benzene rings is 1. The monoisotopic (exact) mass is 469 g/mol. The third-order valence-corrected chi connectivity index (χ3v) is 7.63. The van der Waals surface area contributed by atoms with Crippen LogP contribution in [0.25, 0.3) is 0 Å². The lowest BCUT2D eigenvalue weighted by molar-refractivity contribution is -0.133. The number of nitrogens with zero attached hydrogens (tertiary/aromatic N) is 5. The third kappa shape index (κ3) is 4.59. The molecular formula is C25H32ClN5O2. The Labute approximate surface area is 200 Å². The Hall–Kier alpha value is -2.22. The number of halogens is 1. The van der Waals surface area contributed by atoms with Crippen molar-refractivity contribution >= 4 is 23.3 Å². The van der Waals surface area contributed by atoms with Crippen molar-refractivity contribution < 1.29 is 9.90 Å². The van der Waals surface area contributed by atoms with E-state index in [4.69, 9.17) is 11.6 Å². The predicted molar refractivity (Wildman–Crippen MR) is 129 cm³/mol. The van der Waals surface area contributed by atoms with E-state index in [1.807, 2.05) is 29.2 Å². The van der Waals surface area contributed by atoms with E-state index in [0.717, 1.165) is 55.4 Å². The van der Waals surface area contributed by atoms with Gasteiger partial charge in [0.2, 0.25) is 5.91 Å². The maximum absolute atomic E-state index is 13.7. The molecule has 1 amide bonds. The molecular weight excluding hydrogens is 438 g/mol. The van der Waals surface area contributed by atoms with Gasteiger partial charge in [0.25, 0.3) is 0 Å². The molecule has 0 spiro atoms. The molecule has 3 atom stereocenters. The molecule has 8 heteroatoms. The Bertz CT molecular complexity index is 987. The van der Waals surface area contributed by atoms with Crippen LogP contribution in [0.5, 0.6) is 0 Å². The van der Waals surface area contributed by atoms with Gasteiger partial charge in [-0.3, -0.25) is 4.79 Å². The molecule has 1 aromatic carbocycles. The van der Waals surface area contributed by atoms with Crippen LogP contribution >= 0.6 is 11.6 Å². The molecule has 5 rings (SSSR count). The highest BCUT2D eigenvalue weighted by atomic mass is 35.5. The fourth-order valence-electron chi connectivity index (χ4n) is 5.56. The molecule has 176 valence electrons. The second-order valence-corrected chi connectivity index (χ2v) is 10.0. The zero-order valence-corrected chi connectivity index (χ0v) is 19.9. The molecule has 1 unspecified atom stereocenters. The highest BCUT2D eigenvalue weighted by Crippen LogP contribution is 2.42.